The molecular weight excluding hydrogens is 238 g/mol. The Morgan fingerprint density at radius 3 is 2.58 bits per heavy atom. The van der Waals surface area contributed by atoms with Crippen LogP contribution in [0.3, 0.4) is 0 Å². The zero-order valence-corrected chi connectivity index (χ0v) is 10.9. The van der Waals surface area contributed by atoms with Gasteiger partial charge in [0, 0.05) is 23.6 Å². The van der Waals surface area contributed by atoms with E-state index in [-0.39, 0.29) is 0 Å². The summed E-state index contributed by atoms with van der Waals surface area (Å²) in [6.45, 7) is 2.01. The molecule has 96 valence electrons. The third-order valence-corrected chi connectivity index (χ3v) is 3.14. The van der Waals surface area contributed by atoms with E-state index in [1.165, 1.54) is 0 Å². The highest BCUT2D eigenvalue weighted by molar-refractivity contribution is 5.66. The Morgan fingerprint density at radius 2 is 1.89 bits per heavy atom. The van der Waals surface area contributed by atoms with Crippen LogP contribution in [0.25, 0.3) is 16.9 Å². The highest BCUT2D eigenvalue weighted by atomic mass is 16.5. The van der Waals surface area contributed by atoms with Crippen molar-refractivity contribution in [3.8, 4) is 17.0 Å². The third kappa shape index (κ3) is 2.01. The first-order valence-corrected chi connectivity index (χ1v) is 6.06. The molecule has 0 unspecified atom stereocenters. The number of hydrogen-bond acceptors (Lipinski definition) is 3. The molecule has 3 rings (SSSR count). The van der Waals surface area contributed by atoms with Gasteiger partial charge in [-0.15, -0.1) is 0 Å². The van der Waals surface area contributed by atoms with Gasteiger partial charge in [-0.05, 0) is 42.8 Å². The number of nitrogen functional groups attached to an aromatic ring is 1. The van der Waals surface area contributed by atoms with Crippen LogP contribution >= 0.6 is 0 Å². The Labute approximate surface area is 111 Å². The summed E-state index contributed by atoms with van der Waals surface area (Å²) in [6, 6.07) is 9.79. The van der Waals surface area contributed by atoms with E-state index in [1.807, 2.05) is 54.0 Å². The van der Waals surface area contributed by atoms with Crippen molar-refractivity contribution < 1.29 is 4.74 Å². The number of imidazole rings is 1. The lowest BCUT2D eigenvalue weighted by atomic mass is 10.2. The van der Waals surface area contributed by atoms with Crippen molar-refractivity contribution in [2.75, 3.05) is 12.8 Å². The molecule has 0 saturated heterocycles. The minimum Gasteiger partial charge on any atom is -0.497 e. The predicted molar refractivity (Wildman–Crippen MR) is 76.3 cm³/mol. The van der Waals surface area contributed by atoms with Gasteiger partial charge in [0.2, 0.25) is 0 Å². The summed E-state index contributed by atoms with van der Waals surface area (Å²) in [5, 5.41) is 0. The number of aryl methyl sites for hydroxylation is 1. The first-order chi connectivity index (χ1) is 9.17. The number of anilines is 1. The summed E-state index contributed by atoms with van der Waals surface area (Å²) in [6.07, 6.45) is 3.86. The summed E-state index contributed by atoms with van der Waals surface area (Å²) in [5.41, 5.74) is 10.6. The maximum Gasteiger partial charge on any atom is 0.140 e. The van der Waals surface area contributed by atoms with Gasteiger partial charge < -0.3 is 14.9 Å². The van der Waals surface area contributed by atoms with Gasteiger partial charge in [-0.3, -0.25) is 0 Å². The van der Waals surface area contributed by atoms with E-state index >= 15 is 0 Å². The number of ether oxygens (including phenoxy) is 1. The van der Waals surface area contributed by atoms with Gasteiger partial charge >= 0.3 is 0 Å². The SMILES string of the molecule is COc1ccc(-c2cn3cc(N)cc(C)c3n2)cc1. The molecule has 0 aliphatic heterocycles. The highest BCUT2D eigenvalue weighted by Gasteiger charge is 2.07. The zero-order valence-electron chi connectivity index (χ0n) is 10.9. The molecule has 4 heteroatoms. The second-order valence-electron chi connectivity index (χ2n) is 4.54. The summed E-state index contributed by atoms with van der Waals surface area (Å²) in [7, 11) is 1.66. The molecule has 0 bridgehead atoms. The van der Waals surface area contributed by atoms with Crippen molar-refractivity contribution in [1.29, 1.82) is 0 Å². The molecule has 0 amide bonds. The molecule has 4 nitrogen and oxygen atoms in total. The predicted octanol–water partition coefficient (Wildman–Crippen LogP) is 2.90. The summed E-state index contributed by atoms with van der Waals surface area (Å²) in [4.78, 5) is 4.65. The van der Waals surface area contributed by atoms with Crippen molar-refractivity contribution in [1.82, 2.24) is 9.38 Å². The number of benzene rings is 1. The molecule has 0 spiro atoms. The summed E-state index contributed by atoms with van der Waals surface area (Å²) in [5.74, 6) is 0.841. The number of hydrogen-bond donors (Lipinski definition) is 1. The second-order valence-corrected chi connectivity index (χ2v) is 4.54. The Morgan fingerprint density at radius 1 is 1.16 bits per heavy atom. The number of nitrogens with two attached hydrogens (primary N) is 1. The van der Waals surface area contributed by atoms with Gasteiger partial charge in [0.1, 0.15) is 11.4 Å². The topological polar surface area (TPSA) is 52.5 Å². The molecule has 0 aliphatic rings. The van der Waals surface area contributed by atoms with Gasteiger partial charge in [0.25, 0.3) is 0 Å². The van der Waals surface area contributed by atoms with E-state index in [0.717, 1.165) is 33.9 Å². The number of methoxy groups -OCH3 is 1. The minimum absolute atomic E-state index is 0.740. The highest BCUT2D eigenvalue weighted by Crippen LogP contribution is 2.23. The fourth-order valence-corrected chi connectivity index (χ4v) is 2.20. The maximum absolute atomic E-state index is 5.85. The number of fused-ring (bicyclic) bond motifs is 1. The largest absolute Gasteiger partial charge is 0.497 e. The van der Waals surface area contributed by atoms with E-state index in [4.69, 9.17) is 10.5 Å². The normalized spacial score (nSPS) is 10.8. The molecule has 3 aromatic rings. The Kier molecular flexibility index (Phi) is 2.63. The minimum atomic E-state index is 0.740. The van der Waals surface area contributed by atoms with Crippen LogP contribution in [0.2, 0.25) is 0 Å². The van der Waals surface area contributed by atoms with E-state index in [9.17, 15) is 0 Å². The lowest BCUT2D eigenvalue weighted by Crippen LogP contribution is -1.92. The second kappa shape index (κ2) is 4.31. The number of nitrogens with zero attached hydrogens (tertiary/aromatic N) is 2. The quantitative estimate of drug-likeness (QED) is 0.764. The molecule has 0 saturated carbocycles. The standard InChI is InChI=1S/C15H15N3O/c1-10-7-12(16)8-18-9-14(17-15(10)18)11-3-5-13(19-2)6-4-11/h3-9H,16H2,1-2H3. The zero-order chi connectivity index (χ0) is 13.4. The van der Waals surface area contributed by atoms with Crippen LogP contribution in [-0.4, -0.2) is 16.5 Å². The van der Waals surface area contributed by atoms with Crippen molar-refractivity contribution in [3.63, 3.8) is 0 Å². The van der Waals surface area contributed by atoms with Crippen molar-refractivity contribution in [3.05, 3.63) is 48.3 Å². The van der Waals surface area contributed by atoms with E-state index in [1.54, 1.807) is 7.11 Å². The molecule has 0 atom stereocenters. The Bertz CT molecular complexity index is 729. The molecule has 2 N–H and O–H groups in total. The Balaban J connectivity index is 2.12. The van der Waals surface area contributed by atoms with E-state index in [0.29, 0.717) is 0 Å². The van der Waals surface area contributed by atoms with Crippen LogP contribution in [-0.2, 0) is 0 Å². The van der Waals surface area contributed by atoms with E-state index in [2.05, 4.69) is 4.98 Å². The molecule has 0 aliphatic carbocycles. The van der Waals surface area contributed by atoms with E-state index < -0.39 is 0 Å². The van der Waals surface area contributed by atoms with Gasteiger partial charge in [0.05, 0.1) is 12.8 Å². The molecule has 1 aromatic carbocycles. The van der Waals surface area contributed by atoms with Crippen LogP contribution in [0.5, 0.6) is 5.75 Å². The van der Waals surface area contributed by atoms with Crippen LogP contribution in [0.15, 0.2) is 42.7 Å². The first kappa shape index (κ1) is 11.6. The summed E-state index contributed by atoms with van der Waals surface area (Å²) >= 11 is 0. The fourth-order valence-electron chi connectivity index (χ4n) is 2.20. The summed E-state index contributed by atoms with van der Waals surface area (Å²) < 4.78 is 7.12. The molecule has 2 heterocycles. The molecule has 0 radical (unpaired) electrons. The van der Waals surface area contributed by atoms with Crippen molar-refractivity contribution in [2.45, 2.75) is 6.92 Å². The molecule has 2 aromatic heterocycles. The number of pyridine rings is 1. The van der Waals surface area contributed by atoms with Gasteiger partial charge in [0.15, 0.2) is 0 Å². The van der Waals surface area contributed by atoms with Gasteiger partial charge in [-0.25, -0.2) is 4.98 Å². The number of aromatic nitrogens is 2. The van der Waals surface area contributed by atoms with Crippen LogP contribution < -0.4 is 10.5 Å². The molecular formula is C15H15N3O. The fraction of sp³-hybridized carbons (Fsp3) is 0.133. The monoisotopic (exact) mass is 253 g/mol. The molecule has 19 heavy (non-hydrogen) atoms. The van der Waals surface area contributed by atoms with Gasteiger partial charge in [-0.1, -0.05) is 0 Å². The third-order valence-electron chi connectivity index (χ3n) is 3.14. The lowest BCUT2D eigenvalue weighted by Gasteiger charge is -2.00. The average Bonchev–Trinajstić information content (AvgIpc) is 2.83. The average molecular weight is 253 g/mol. The van der Waals surface area contributed by atoms with Crippen molar-refractivity contribution >= 4 is 11.3 Å². The maximum atomic E-state index is 5.85. The molecule has 0 fully saturated rings. The van der Waals surface area contributed by atoms with Crippen LogP contribution in [0, 0.1) is 6.92 Å². The van der Waals surface area contributed by atoms with Crippen molar-refractivity contribution in [2.24, 2.45) is 0 Å². The lowest BCUT2D eigenvalue weighted by molar-refractivity contribution is 0.415. The Hall–Kier alpha value is -2.49. The van der Waals surface area contributed by atoms with Crippen LogP contribution in [0.4, 0.5) is 5.69 Å². The first-order valence-electron chi connectivity index (χ1n) is 6.06. The smallest absolute Gasteiger partial charge is 0.140 e. The van der Waals surface area contributed by atoms with Crippen LogP contribution in [0.1, 0.15) is 5.56 Å². The number of rotatable bonds is 2. The van der Waals surface area contributed by atoms with Gasteiger partial charge in [-0.2, -0.15) is 0 Å².